The Hall–Kier alpha value is -2.24. The molecule has 3 aromatic rings. The zero-order valence-corrected chi connectivity index (χ0v) is 13.6. The van der Waals surface area contributed by atoms with E-state index in [0.29, 0.717) is 16.7 Å². The Morgan fingerprint density at radius 3 is 2.57 bits per heavy atom. The highest BCUT2D eigenvalue weighted by molar-refractivity contribution is 7.99. The third-order valence-corrected chi connectivity index (χ3v) is 4.22. The number of carbonyl (C=O) groups excluding carboxylic acids is 1. The predicted molar refractivity (Wildman–Crippen MR) is 89.7 cm³/mol. The van der Waals surface area contributed by atoms with E-state index in [9.17, 15) is 4.79 Å². The summed E-state index contributed by atoms with van der Waals surface area (Å²) in [7, 11) is 0. The van der Waals surface area contributed by atoms with Crippen LogP contribution >= 0.6 is 23.4 Å². The molecule has 2 heterocycles. The first-order chi connectivity index (χ1) is 11.2. The topological polar surface area (TPSA) is 55.1 Å². The quantitative estimate of drug-likeness (QED) is 0.745. The van der Waals surface area contributed by atoms with Gasteiger partial charge in [-0.2, -0.15) is 0 Å². The molecular formula is C17H13ClN2O2S. The molecule has 0 aliphatic rings. The van der Waals surface area contributed by atoms with Gasteiger partial charge in [0.1, 0.15) is 0 Å². The van der Waals surface area contributed by atoms with Crippen molar-refractivity contribution in [3.05, 3.63) is 77.3 Å². The molecule has 0 saturated carbocycles. The molecule has 0 fully saturated rings. The number of rotatable bonds is 5. The lowest BCUT2D eigenvalue weighted by molar-refractivity contribution is 0.0918. The van der Waals surface area contributed by atoms with E-state index in [1.54, 1.807) is 24.5 Å². The van der Waals surface area contributed by atoms with Gasteiger partial charge < -0.3 is 9.73 Å². The normalized spacial score (nSPS) is 10.5. The van der Waals surface area contributed by atoms with Crippen LogP contribution in [0.5, 0.6) is 0 Å². The van der Waals surface area contributed by atoms with Crippen LogP contribution in [0.1, 0.15) is 16.1 Å². The minimum atomic E-state index is -0.246. The zero-order chi connectivity index (χ0) is 16.1. The Morgan fingerprint density at radius 2 is 1.83 bits per heavy atom. The molecule has 1 amide bonds. The summed E-state index contributed by atoms with van der Waals surface area (Å²) in [6, 6.07) is 14.6. The van der Waals surface area contributed by atoms with Gasteiger partial charge in [0, 0.05) is 28.9 Å². The van der Waals surface area contributed by atoms with Gasteiger partial charge >= 0.3 is 0 Å². The molecule has 0 radical (unpaired) electrons. The number of benzene rings is 1. The van der Waals surface area contributed by atoms with E-state index in [1.807, 2.05) is 36.4 Å². The van der Waals surface area contributed by atoms with E-state index >= 15 is 0 Å². The summed E-state index contributed by atoms with van der Waals surface area (Å²) in [6.45, 7) is 0.432. The van der Waals surface area contributed by atoms with Crippen molar-refractivity contribution in [3.63, 3.8) is 0 Å². The Labute approximate surface area is 142 Å². The van der Waals surface area contributed by atoms with Crippen molar-refractivity contribution in [2.24, 2.45) is 0 Å². The molecule has 0 unspecified atom stereocenters. The minimum absolute atomic E-state index is 0.246. The predicted octanol–water partition coefficient (Wildman–Crippen LogP) is 4.41. The van der Waals surface area contributed by atoms with Gasteiger partial charge in [-0.25, -0.2) is 0 Å². The number of hydrogen-bond donors (Lipinski definition) is 1. The summed E-state index contributed by atoms with van der Waals surface area (Å²) < 4.78 is 5.57. The van der Waals surface area contributed by atoms with Crippen molar-refractivity contribution in [1.29, 1.82) is 0 Å². The molecule has 3 rings (SSSR count). The Kier molecular flexibility index (Phi) is 5.00. The molecule has 23 heavy (non-hydrogen) atoms. The maximum absolute atomic E-state index is 12.1. The molecule has 0 aliphatic heterocycles. The van der Waals surface area contributed by atoms with E-state index in [1.165, 1.54) is 11.8 Å². The molecule has 1 N–H and O–H groups in total. The van der Waals surface area contributed by atoms with E-state index in [2.05, 4.69) is 10.3 Å². The fourth-order valence-electron chi connectivity index (χ4n) is 1.89. The SMILES string of the molecule is O=C(NCc1ccncc1)c1ccc(Sc2ccc(Cl)cc2)o1. The van der Waals surface area contributed by atoms with Crippen LogP contribution < -0.4 is 5.32 Å². The third-order valence-electron chi connectivity index (χ3n) is 3.04. The molecule has 6 heteroatoms. The number of amides is 1. The highest BCUT2D eigenvalue weighted by Crippen LogP contribution is 2.30. The maximum Gasteiger partial charge on any atom is 0.287 e. The van der Waals surface area contributed by atoms with Crippen molar-refractivity contribution < 1.29 is 9.21 Å². The van der Waals surface area contributed by atoms with Crippen LogP contribution in [0.4, 0.5) is 0 Å². The van der Waals surface area contributed by atoms with Gasteiger partial charge in [-0.05, 0) is 54.1 Å². The van der Waals surface area contributed by atoms with Crippen molar-refractivity contribution in [2.45, 2.75) is 16.5 Å². The van der Waals surface area contributed by atoms with Crippen LogP contribution in [0.15, 0.2) is 75.3 Å². The second kappa shape index (κ2) is 7.35. The molecule has 0 bridgehead atoms. The lowest BCUT2D eigenvalue weighted by atomic mass is 10.2. The van der Waals surface area contributed by atoms with Crippen LogP contribution in [-0.2, 0) is 6.54 Å². The van der Waals surface area contributed by atoms with Gasteiger partial charge in [-0.15, -0.1) is 0 Å². The van der Waals surface area contributed by atoms with E-state index in [4.69, 9.17) is 16.0 Å². The lowest BCUT2D eigenvalue weighted by Gasteiger charge is -2.03. The van der Waals surface area contributed by atoms with Crippen molar-refractivity contribution in [2.75, 3.05) is 0 Å². The summed E-state index contributed by atoms with van der Waals surface area (Å²) >= 11 is 7.29. The first-order valence-electron chi connectivity index (χ1n) is 6.91. The highest BCUT2D eigenvalue weighted by atomic mass is 35.5. The van der Waals surface area contributed by atoms with Gasteiger partial charge in [0.2, 0.25) is 0 Å². The van der Waals surface area contributed by atoms with E-state index in [0.717, 1.165) is 10.5 Å². The number of pyridine rings is 1. The molecule has 4 nitrogen and oxygen atoms in total. The van der Waals surface area contributed by atoms with Crippen LogP contribution in [0.3, 0.4) is 0 Å². The second-order valence-electron chi connectivity index (χ2n) is 4.71. The van der Waals surface area contributed by atoms with Crippen molar-refractivity contribution >= 4 is 29.3 Å². The van der Waals surface area contributed by atoms with Crippen molar-refractivity contribution in [1.82, 2.24) is 10.3 Å². The average Bonchev–Trinajstić information content (AvgIpc) is 3.04. The summed E-state index contributed by atoms with van der Waals surface area (Å²) in [6.07, 6.45) is 3.38. The standard InChI is InChI=1S/C17H13ClN2O2S/c18-13-1-3-14(4-2-13)23-16-6-5-15(22-16)17(21)20-11-12-7-9-19-10-8-12/h1-10H,11H2,(H,20,21). The van der Waals surface area contributed by atoms with E-state index < -0.39 is 0 Å². The molecule has 0 atom stereocenters. The largest absolute Gasteiger partial charge is 0.444 e. The molecule has 2 aromatic heterocycles. The number of hydrogen-bond acceptors (Lipinski definition) is 4. The molecule has 1 aromatic carbocycles. The zero-order valence-electron chi connectivity index (χ0n) is 12.0. The Morgan fingerprint density at radius 1 is 1.09 bits per heavy atom. The fourth-order valence-corrected chi connectivity index (χ4v) is 2.78. The van der Waals surface area contributed by atoms with Gasteiger partial charge in [-0.3, -0.25) is 9.78 Å². The summed E-state index contributed by atoms with van der Waals surface area (Å²) in [5, 5.41) is 4.15. The monoisotopic (exact) mass is 344 g/mol. The summed E-state index contributed by atoms with van der Waals surface area (Å²) in [5.74, 6) is 0.0419. The number of nitrogens with zero attached hydrogens (tertiary/aromatic N) is 1. The number of carbonyl (C=O) groups is 1. The van der Waals surface area contributed by atoms with Gasteiger partial charge in [0.15, 0.2) is 10.9 Å². The molecule has 0 saturated heterocycles. The first kappa shape index (κ1) is 15.6. The second-order valence-corrected chi connectivity index (χ2v) is 6.23. The average molecular weight is 345 g/mol. The first-order valence-corrected chi connectivity index (χ1v) is 8.10. The lowest BCUT2D eigenvalue weighted by Crippen LogP contribution is -2.22. The van der Waals surface area contributed by atoms with Crippen LogP contribution in [0.25, 0.3) is 0 Å². The smallest absolute Gasteiger partial charge is 0.287 e. The highest BCUT2D eigenvalue weighted by Gasteiger charge is 2.11. The molecular weight excluding hydrogens is 332 g/mol. The van der Waals surface area contributed by atoms with Crippen LogP contribution in [-0.4, -0.2) is 10.9 Å². The molecule has 0 spiro atoms. The Balaban J connectivity index is 1.59. The summed E-state index contributed by atoms with van der Waals surface area (Å²) in [4.78, 5) is 17.0. The number of furan rings is 1. The maximum atomic E-state index is 12.1. The van der Waals surface area contributed by atoms with Gasteiger partial charge in [0.25, 0.3) is 5.91 Å². The van der Waals surface area contributed by atoms with Gasteiger partial charge in [-0.1, -0.05) is 23.4 Å². The fraction of sp³-hybridized carbons (Fsp3) is 0.0588. The summed E-state index contributed by atoms with van der Waals surface area (Å²) in [5.41, 5.74) is 0.982. The van der Waals surface area contributed by atoms with Gasteiger partial charge in [0.05, 0.1) is 0 Å². The van der Waals surface area contributed by atoms with E-state index in [-0.39, 0.29) is 11.7 Å². The van der Waals surface area contributed by atoms with Crippen molar-refractivity contribution in [3.8, 4) is 0 Å². The Bertz CT molecular complexity index is 788. The molecule has 0 aliphatic carbocycles. The third kappa shape index (κ3) is 4.37. The number of aromatic nitrogens is 1. The molecule has 116 valence electrons. The van der Waals surface area contributed by atoms with Crippen LogP contribution in [0, 0.1) is 0 Å². The minimum Gasteiger partial charge on any atom is -0.444 e. The number of nitrogens with one attached hydrogen (secondary N) is 1. The number of halogens is 1. The van der Waals surface area contributed by atoms with Crippen LogP contribution in [0.2, 0.25) is 5.02 Å².